The first-order valence-electron chi connectivity index (χ1n) is 7.75. The molecule has 3 rings (SSSR count). The molecule has 0 aliphatic rings. The van der Waals surface area contributed by atoms with Crippen molar-refractivity contribution in [3.05, 3.63) is 66.4 Å². The number of rotatable bonds is 5. The van der Waals surface area contributed by atoms with Crippen LogP contribution in [0.2, 0.25) is 0 Å². The zero-order valence-electron chi connectivity index (χ0n) is 13.8. The summed E-state index contributed by atoms with van der Waals surface area (Å²) in [5.41, 5.74) is 12.8. The number of nitrogen functional groups attached to an aromatic ring is 1. The molecule has 1 atom stereocenters. The van der Waals surface area contributed by atoms with E-state index in [1.807, 2.05) is 30.3 Å². The second kappa shape index (κ2) is 7.85. The Balaban J connectivity index is 1.82. The number of primary amides is 1. The monoisotopic (exact) mass is 367 g/mol. The third-order valence-electron chi connectivity index (χ3n) is 3.49. The minimum Gasteiger partial charge on any atom is -0.611 e. The van der Waals surface area contributed by atoms with Gasteiger partial charge in [0.15, 0.2) is 16.5 Å². The lowest BCUT2D eigenvalue weighted by molar-refractivity contribution is 0.259. The first-order chi connectivity index (χ1) is 12.5. The fourth-order valence-electron chi connectivity index (χ4n) is 2.36. The molecule has 0 saturated heterocycles. The number of carbonyl (C=O) groups excluding carboxylic acids is 1. The van der Waals surface area contributed by atoms with Crippen LogP contribution in [0.3, 0.4) is 0 Å². The summed E-state index contributed by atoms with van der Waals surface area (Å²) < 4.78 is 12.5. The van der Waals surface area contributed by atoms with Crippen LogP contribution < -0.4 is 16.8 Å². The second-order valence-electron chi connectivity index (χ2n) is 5.48. The second-order valence-corrected chi connectivity index (χ2v) is 6.93. The van der Waals surface area contributed by atoms with Crippen molar-refractivity contribution in [1.82, 2.24) is 9.97 Å². The van der Waals surface area contributed by atoms with Gasteiger partial charge in [0, 0.05) is 17.3 Å². The van der Waals surface area contributed by atoms with Crippen molar-refractivity contribution >= 4 is 28.7 Å². The third kappa shape index (κ3) is 4.50. The van der Waals surface area contributed by atoms with Crippen molar-refractivity contribution in [2.45, 2.75) is 10.6 Å². The average Bonchev–Trinajstić information content (AvgIpc) is 2.62. The lowest BCUT2D eigenvalue weighted by Crippen LogP contribution is -2.19. The van der Waals surface area contributed by atoms with Gasteiger partial charge in [-0.2, -0.15) is 0 Å². The van der Waals surface area contributed by atoms with Gasteiger partial charge in [-0.1, -0.05) is 18.2 Å². The summed E-state index contributed by atoms with van der Waals surface area (Å²) >= 11 is -1.22. The SMILES string of the molecule is NC(=O)Nc1ccc(-c2nc(N)cc(C[S+]([O-])c3ccccc3)n2)cc1. The molecule has 26 heavy (non-hydrogen) atoms. The molecule has 1 unspecified atom stereocenters. The minimum atomic E-state index is -1.22. The summed E-state index contributed by atoms with van der Waals surface area (Å²) in [5, 5.41) is 2.48. The highest BCUT2D eigenvalue weighted by Crippen LogP contribution is 2.22. The van der Waals surface area contributed by atoms with E-state index in [1.165, 1.54) is 0 Å². The summed E-state index contributed by atoms with van der Waals surface area (Å²) in [6, 6.07) is 17.0. The van der Waals surface area contributed by atoms with Gasteiger partial charge in [0.2, 0.25) is 0 Å². The van der Waals surface area contributed by atoms with Gasteiger partial charge in [-0.05, 0) is 47.6 Å². The van der Waals surface area contributed by atoms with E-state index in [9.17, 15) is 9.35 Å². The van der Waals surface area contributed by atoms with Crippen molar-refractivity contribution < 1.29 is 9.35 Å². The Bertz CT molecular complexity index is 903. The van der Waals surface area contributed by atoms with Gasteiger partial charge in [0.1, 0.15) is 5.82 Å². The number of aromatic nitrogens is 2. The number of anilines is 2. The molecular formula is C18H17N5O2S. The van der Waals surface area contributed by atoms with Gasteiger partial charge < -0.3 is 21.3 Å². The summed E-state index contributed by atoms with van der Waals surface area (Å²) in [7, 11) is 0. The predicted molar refractivity (Wildman–Crippen MR) is 102 cm³/mol. The fraction of sp³-hybridized carbons (Fsp3) is 0.0556. The molecule has 0 fully saturated rings. The van der Waals surface area contributed by atoms with Crippen molar-refractivity contribution in [3.63, 3.8) is 0 Å². The van der Waals surface area contributed by atoms with Gasteiger partial charge in [0.05, 0.1) is 5.69 Å². The maximum Gasteiger partial charge on any atom is 0.316 e. The zero-order chi connectivity index (χ0) is 18.5. The lowest BCUT2D eigenvalue weighted by atomic mass is 10.2. The van der Waals surface area contributed by atoms with E-state index in [4.69, 9.17) is 11.5 Å². The Morgan fingerprint density at radius 1 is 1.08 bits per heavy atom. The first kappa shape index (κ1) is 17.7. The average molecular weight is 367 g/mol. The van der Waals surface area contributed by atoms with E-state index in [1.54, 1.807) is 30.3 Å². The molecule has 0 radical (unpaired) electrons. The fourth-order valence-corrected chi connectivity index (χ4v) is 3.40. The van der Waals surface area contributed by atoms with Crippen molar-refractivity contribution in [3.8, 4) is 11.4 Å². The number of hydrogen-bond donors (Lipinski definition) is 3. The standard InChI is InChI=1S/C18H17N5O2S/c19-16-10-14(11-26(25)15-4-2-1-3-5-15)21-17(23-16)12-6-8-13(9-7-12)22-18(20)24/h1-10H,11H2,(H2,19,21,23)(H3,20,22,24). The molecule has 1 heterocycles. The predicted octanol–water partition coefficient (Wildman–Crippen LogP) is 2.52. The van der Waals surface area contributed by atoms with E-state index in [0.29, 0.717) is 23.0 Å². The molecule has 3 aromatic rings. The molecule has 1 aromatic heterocycles. The highest BCUT2D eigenvalue weighted by Gasteiger charge is 2.14. The van der Waals surface area contributed by atoms with E-state index < -0.39 is 17.2 Å². The van der Waals surface area contributed by atoms with Crippen LogP contribution in [-0.4, -0.2) is 20.6 Å². The normalized spacial score (nSPS) is 11.7. The van der Waals surface area contributed by atoms with Crippen LogP contribution in [0.1, 0.15) is 5.69 Å². The third-order valence-corrected chi connectivity index (χ3v) is 4.85. The van der Waals surface area contributed by atoms with Crippen LogP contribution in [0.15, 0.2) is 65.6 Å². The smallest absolute Gasteiger partial charge is 0.316 e. The highest BCUT2D eigenvalue weighted by molar-refractivity contribution is 7.90. The molecule has 0 aliphatic heterocycles. The van der Waals surface area contributed by atoms with E-state index in [2.05, 4.69) is 15.3 Å². The molecule has 2 aromatic carbocycles. The number of hydrogen-bond acceptors (Lipinski definition) is 5. The summed E-state index contributed by atoms with van der Waals surface area (Å²) in [4.78, 5) is 20.3. The van der Waals surface area contributed by atoms with Crippen molar-refractivity contribution in [1.29, 1.82) is 0 Å². The molecule has 0 bridgehead atoms. The number of carbonyl (C=O) groups is 1. The molecule has 2 amide bonds. The van der Waals surface area contributed by atoms with Gasteiger partial charge in [-0.3, -0.25) is 0 Å². The Labute approximate surface area is 153 Å². The Morgan fingerprint density at radius 2 is 1.77 bits per heavy atom. The van der Waals surface area contributed by atoms with E-state index >= 15 is 0 Å². The Hall–Kier alpha value is -3.10. The Kier molecular flexibility index (Phi) is 5.35. The molecule has 5 N–H and O–H groups in total. The van der Waals surface area contributed by atoms with Crippen LogP contribution in [0.4, 0.5) is 16.3 Å². The summed E-state index contributed by atoms with van der Waals surface area (Å²) in [6.07, 6.45) is 0. The quantitative estimate of drug-likeness (QED) is 0.597. The highest BCUT2D eigenvalue weighted by atomic mass is 32.2. The summed E-state index contributed by atoms with van der Waals surface area (Å²) in [5.74, 6) is 0.968. The van der Waals surface area contributed by atoms with Crippen LogP contribution in [0.25, 0.3) is 11.4 Å². The van der Waals surface area contributed by atoms with Crippen molar-refractivity contribution in [2.75, 3.05) is 11.1 Å². The van der Waals surface area contributed by atoms with Crippen molar-refractivity contribution in [2.24, 2.45) is 5.73 Å². The van der Waals surface area contributed by atoms with Crippen LogP contribution in [-0.2, 0) is 16.9 Å². The number of urea groups is 1. The maximum absolute atomic E-state index is 12.5. The van der Waals surface area contributed by atoms with Gasteiger partial charge in [0.25, 0.3) is 0 Å². The molecule has 7 nitrogen and oxygen atoms in total. The molecule has 132 valence electrons. The summed E-state index contributed by atoms with van der Waals surface area (Å²) in [6.45, 7) is 0. The largest absolute Gasteiger partial charge is 0.611 e. The van der Waals surface area contributed by atoms with Crippen LogP contribution in [0.5, 0.6) is 0 Å². The van der Waals surface area contributed by atoms with Gasteiger partial charge in [-0.15, -0.1) is 0 Å². The van der Waals surface area contributed by atoms with E-state index in [-0.39, 0.29) is 5.75 Å². The number of nitrogens with two attached hydrogens (primary N) is 2. The van der Waals surface area contributed by atoms with E-state index in [0.717, 1.165) is 10.5 Å². The van der Waals surface area contributed by atoms with Crippen LogP contribution >= 0.6 is 0 Å². The molecular weight excluding hydrogens is 350 g/mol. The maximum atomic E-state index is 12.5. The van der Waals surface area contributed by atoms with Crippen LogP contribution in [0, 0.1) is 0 Å². The zero-order valence-corrected chi connectivity index (χ0v) is 14.6. The number of nitrogens with one attached hydrogen (secondary N) is 1. The molecule has 8 heteroatoms. The molecule has 0 spiro atoms. The minimum absolute atomic E-state index is 0.241. The number of amides is 2. The number of benzene rings is 2. The number of nitrogens with zero attached hydrogens (tertiary/aromatic N) is 2. The topological polar surface area (TPSA) is 130 Å². The van der Waals surface area contributed by atoms with Gasteiger partial charge in [-0.25, -0.2) is 14.8 Å². The molecule has 0 saturated carbocycles. The first-order valence-corrected chi connectivity index (χ1v) is 9.07. The Morgan fingerprint density at radius 3 is 2.42 bits per heavy atom. The lowest BCUT2D eigenvalue weighted by Gasteiger charge is -2.11. The molecule has 0 aliphatic carbocycles. The van der Waals surface area contributed by atoms with Gasteiger partial charge >= 0.3 is 6.03 Å².